The molecule has 0 fully saturated rings. The predicted molar refractivity (Wildman–Crippen MR) is 126 cm³/mol. The van der Waals surface area contributed by atoms with Crippen molar-refractivity contribution in [2.75, 3.05) is 0 Å². The van der Waals surface area contributed by atoms with Crippen LogP contribution in [0.2, 0.25) is 5.02 Å². The van der Waals surface area contributed by atoms with Crippen molar-refractivity contribution < 1.29 is 28.5 Å². The first-order valence-corrected chi connectivity index (χ1v) is 11.6. The van der Waals surface area contributed by atoms with Gasteiger partial charge in [-0.1, -0.05) is 38.8 Å². The minimum atomic E-state index is -0.502. The summed E-state index contributed by atoms with van der Waals surface area (Å²) in [4.78, 5) is 24.6. The molecule has 0 radical (unpaired) electrons. The van der Waals surface area contributed by atoms with Crippen molar-refractivity contribution in [3.8, 4) is 23.0 Å². The predicted octanol–water partition coefficient (Wildman–Crippen LogP) is 6.87. The van der Waals surface area contributed by atoms with Crippen LogP contribution in [0, 0.1) is 0 Å². The number of ether oxygens (including phenoxy) is 4. The number of rotatable bonds is 11. The highest BCUT2D eigenvalue weighted by molar-refractivity contribution is 6.31. The molecule has 0 amide bonds. The highest BCUT2D eigenvalue weighted by atomic mass is 35.5. The van der Waals surface area contributed by atoms with Crippen LogP contribution >= 0.6 is 11.6 Å². The van der Waals surface area contributed by atoms with E-state index in [1.165, 1.54) is 6.92 Å². The maximum Gasteiger partial charge on any atom is 0.311 e. The van der Waals surface area contributed by atoms with Gasteiger partial charge in [0.2, 0.25) is 11.5 Å². The summed E-state index contributed by atoms with van der Waals surface area (Å²) in [6.07, 6.45) is 2.87. The largest absolute Gasteiger partial charge is 0.483 e. The summed E-state index contributed by atoms with van der Waals surface area (Å²) in [5.41, 5.74) is 0. The second kappa shape index (κ2) is 12.0. The molecule has 2 unspecified atom stereocenters. The van der Waals surface area contributed by atoms with Crippen LogP contribution in [0.3, 0.4) is 0 Å². The van der Waals surface area contributed by atoms with E-state index >= 15 is 0 Å². The maximum absolute atomic E-state index is 12.6. The molecule has 0 N–H and O–H groups in total. The molecule has 2 aromatic rings. The number of hydrogen-bond donors (Lipinski definition) is 0. The van der Waals surface area contributed by atoms with E-state index in [4.69, 9.17) is 30.5 Å². The number of hydrogen-bond acceptors (Lipinski definition) is 6. The molecule has 0 aliphatic heterocycles. The van der Waals surface area contributed by atoms with Crippen molar-refractivity contribution in [2.24, 2.45) is 0 Å². The molecule has 0 heterocycles. The van der Waals surface area contributed by atoms with Crippen molar-refractivity contribution in [3.63, 3.8) is 0 Å². The van der Waals surface area contributed by atoms with Crippen LogP contribution < -0.4 is 18.9 Å². The summed E-state index contributed by atoms with van der Waals surface area (Å²) in [7, 11) is 0. The standard InChI is InChI=1S/C25H33ClO6/c1-7-10-11-21(28)32-23-20-14-18(26)12-13-19(20)22(31-17(6)27)24(29-15(4)8-2)25(23)30-16(5)9-3/h12-16H,7-11H2,1-6H3. The lowest BCUT2D eigenvalue weighted by Crippen LogP contribution is -2.18. The van der Waals surface area contributed by atoms with E-state index in [0.717, 1.165) is 6.42 Å². The Balaban J connectivity index is 2.87. The second-order valence-corrected chi connectivity index (χ2v) is 8.29. The van der Waals surface area contributed by atoms with Gasteiger partial charge in [0, 0.05) is 29.1 Å². The highest BCUT2D eigenvalue weighted by Gasteiger charge is 2.29. The van der Waals surface area contributed by atoms with E-state index < -0.39 is 5.97 Å². The zero-order chi connectivity index (χ0) is 23.8. The number of unbranched alkanes of at least 4 members (excludes halogenated alkanes) is 1. The van der Waals surface area contributed by atoms with Gasteiger partial charge < -0.3 is 18.9 Å². The van der Waals surface area contributed by atoms with Gasteiger partial charge in [0.1, 0.15) is 0 Å². The summed E-state index contributed by atoms with van der Waals surface area (Å²) >= 11 is 6.28. The fraction of sp³-hybridized carbons (Fsp3) is 0.520. The third-order valence-electron chi connectivity index (χ3n) is 5.07. The van der Waals surface area contributed by atoms with Crippen LogP contribution in [0.5, 0.6) is 23.0 Å². The third-order valence-corrected chi connectivity index (χ3v) is 5.31. The molecule has 0 aromatic heterocycles. The monoisotopic (exact) mass is 464 g/mol. The first-order chi connectivity index (χ1) is 15.2. The number of carbonyl (C=O) groups is 2. The van der Waals surface area contributed by atoms with Crippen molar-refractivity contribution in [2.45, 2.75) is 85.9 Å². The summed E-state index contributed by atoms with van der Waals surface area (Å²) in [6.45, 7) is 11.1. The molecule has 0 saturated heterocycles. The first-order valence-electron chi connectivity index (χ1n) is 11.2. The van der Waals surface area contributed by atoms with Crippen molar-refractivity contribution in [3.05, 3.63) is 23.2 Å². The Bertz CT molecular complexity index is 955. The third kappa shape index (κ3) is 6.52. The molecule has 2 aromatic carbocycles. The topological polar surface area (TPSA) is 71.1 Å². The SMILES string of the molecule is CCCCC(=O)Oc1c(OC(C)CC)c(OC(C)CC)c(OC(C)=O)c2ccc(Cl)cc12. The second-order valence-electron chi connectivity index (χ2n) is 7.85. The van der Waals surface area contributed by atoms with E-state index in [2.05, 4.69) is 0 Å². The number of esters is 2. The Kier molecular flexibility index (Phi) is 9.63. The van der Waals surface area contributed by atoms with Crippen LogP contribution in [0.15, 0.2) is 18.2 Å². The molecule has 176 valence electrons. The zero-order valence-electron chi connectivity index (χ0n) is 19.7. The van der Waals surface area contributed by atoms with Gasteiger partial charge in [-0.25, -0.2) is 0 Å². The summed E-state index contributed by atoms with van der Waals surface area (Å²) in [5, 5.41) is 1.49. The van der Waals surface area contributed by atoms with Gasteiger partial charge in [0.05, 0.1) is 12.2 Å². The van der Waals surface area contributed by atoms with E-state index in [1.807, 2.05) is 34.6 Å². The van der Waals surface area contributed by atoms with Crippen LogP contribution in [0.25, 0.3) is 10.8 Å². The molecule has 0 aliphatic rings. The molecular formula is C25H33ClO6. The van der Waals surface area contributed by atoms with Crippen molar-refractivity contribution >= 4 is 34.3 Å². The Morgan fingerprint density at radius 3 is 1.94 bits per heavy atom. The zero-order valence-corrected chi connectivity index (χ0v) is 20.5. The first kappa shape index (κ1) is 25.8. The average molecular weight is 465 g/mol. The molecule has 0 saturated carbocycles. The average Bonchev–Trinajstić information content (AvgIpc) is 2.75. The fourth-order valence-corrected chi connectivity index (χ4v) is 3.14. The molecule has 6 nitrogen and oxygen atoms in total. The van der Waals surface area contributed by atoms with Crippen molar-refractivity contribution in [1.82, 2.24) is 0 Å². The molecule has 0 bridgehead atoms. The molecule has 32 heavy (non-hydrogen) atoms. The van der Waals surface area contributed by atoms with Gasteiger partial charge in [-0.15, -0.1) is 0 Å². The Labute approximate surface area is 195 Å². The molecule has 0 aliphatic carbocycles. The summed E-state index contributed by atoms with van der Waals surface area (Å²) < 4.78 is 23.8. The smallest absolute Gasteiger partial charge is 0.311 e. The minimum Gasteiger partial charge on any atom is -0.483 e. The fourth-order valence-electron chi connectivity index (χ4n) is 2.97. The van der Waals surface area contributed by atoms with E-state index in [0.29, 0.717) is 35.1 Å². The van der Waals surface area contributed by atoms with E-state index in [9.17, 15) is 9.59 Å². The summed E-state index contributed by atoms with van der Waals surface area (Å²) in [5.74, 6) is 0.0296. The lowest BCUT2D eigenvalue weighted by atomic mass is 10.1. The van der Waals surface area contributed by atoms with E-state index in [1.54, 1.807) is 18.2 Å². The number of carbonyl (C=O) groups excluding carboxylic acids is 2. The van der Waals surface area contributed by atoms with Gasteiger partial charge >= 0.3 is 11.9 Å². The highest BCUT2D eigenvalue weighted by Crippen LogP contribution is 2.53. The van der Waals surface area contributed by atoms with Crippen molar-refractivity contribution in [1.29, 1.82) is 0 Å². The Hall–Kier alpha value is -2.47. The minimum absolute atomic E-state index is 0.197. The lowest BCUT2D eigenvalue weighted by Gasteiger charge is -2.25. The number of halogens is 1. The van der Waals surface area contributed by atoms with Crippen LogP contribution in [0.1, 0.15) is 73.6 Å². The quantitative estimate of drug-likeness (QED) is 0.267. The molecule has 7 heteroatoms. The number of fused-ring (bicyclic) bond motifs is 1. The normalized spacial score (nSPS) is 12.8. The van der Waals surface area contributed by atoms with E-state index in [-0.39, 0.29) is 47.6 Å². The maximum atomic E-state index is 12.6. The van der Waals surface area contributed by atoms with Gasteiger partial charge in [0.25, 0.3) is 0 Å². The van der Waals surface area contributed by atoms with Gasteiger partial charge in [-0.05, 0) is 51.3 Å². The lowest BCUT2D eigenvalue weighted by molar-refractivity contribution is -0.135. The molecule has 0 spiro atoms. The molecule has 2 rings (SSSR count). The Morgan fingerprint density at radius 2 is 1.44 bits per heavy atom. The molecular weight excluding hydrogens is 432 g/mol. The van der Waals surface area contributed by atoms with Crippen LogP contribution in [0.4, 0.5) is 0 Å². The van der Waals surface area contributed by atoms with Crippen LogP contribution in [-0.4, -0.2) is 24.1 Å². The number of benzene rings is 2. The van der Waals surface area contributed by atoms with Gasteiger partial charge in [0.15, 0.2) is 11.5 Å². The van der Waals surface area contributed by atoms with Gasteiger partial charge in [-0.2, -0.15) is 0 Å². The van der Waals surface area contributed by atoms with Gasteiger partial charge in [-0.3, -0.25) is 9.59 Å². The summed E-state index contributed by atoms with van der Waals surface area (Å²) in [6, 6.07) is 5.07. The Morgan fingerprint density at radius 1 is 0.875 bits per heavy atom. The van der Waals surface area contributed by atoms with Crippen LogP contribution in [-0.2, 0) is 9.59 Å². The molecule has 2 atom stereocenters.